The second-order valence-corrected chi connectivity index (χ2v) is 8.87. The summed E-state index contributed by atoms with van der Waals surface area (Å²) in [6.45, 7) is 13.9. The molecule has 0 fully saturated rings. The zero-order valence-corrected chi connectivity index (χ0v) is 21.4. The zero-order valence-electron chi connectivity index (χ0n) is 21.4. The number of allylic oxidation sites excluding steroid dienone is 6. The number of pyridine rings is 1. The lowest BCUT2D eigenvalue weighted by atomic mass is 10.0. The normalized spacial score (nSPS) is 13.6. The van der Waals surface area contributed by atoms with E-state index in [-0.39, 0.29) is 11.4 Å². The molecule has 0 aliphatic carbocycles. The molecule has 5 nitrogen and oxygen atoms in total. The van der Waals surface area contributed by atoms with Gasteiger partial charge in [-0.15, -0.1) is 0 Å². The summed E-state index contributed by atoms with van der Waals surface area (Å²) in [7, 11) is 0. The second kappa shape index (κ2) is 12.6. The fraction of sp³-hybridized carbons (Fsp3) is 0.241. The van der Waals surface area contributed by atoms with Gasteiger partial charge in [-0.2, -0.15) is 0 Å². The Morgan fingerprint density at radius 2 is 1.78 bits per heavy atom. The number of nitrogens with one attached hydrogen (secondary N) is 1. The van der Waals surface area contributed by atoms with Crippen molar-refractivity contribution in [3.05, 3.63) is 108 Å². The van der Waals surface area contributed by atoms with Gasteiger partial charge in [-0.1, -0.05) is 57.4 Å². The van der Waals surface area contributed by atoms with Crippen LogP contribution in [0.4, 0.5) is 14.5 Å². The van der Waals surface area contributed by atoms with Gasteiger partial charge in [0.15, 0.2) is 0 Å². The number of benzene rings is 1. The number of nitrogens with two attached hydrogens (primary N) is 2. The monoisotopic (exact) mass is 491 g/mol. The van der Waals surface area contributed by atoms with E-state index in [4.69, 9.17) is 16.5 Å². The average molecular weight is 492 g/mol. The number of hydrogen-bond donors (Lipinski definition) is 3. The van der Waals surface area contributed by atoms with Crippen molar-refractivity contribution in [2.75, 3.05) is 6.54 Å². The van der Waals surface area contributed by atoms with E-state index in [1.54, 1.807) is 37.4 Å². The van der Waals surface area contributed by atoms with Gasteiger partial charge in [0, 0.05) is 35.7 Å². The predicted molar refractivity (Wildman–Crippen MR) is 148 cm³/mol. The summed E-state index contributed by atoms with van der Waals surface area (Å²) in [5, 5.41) is 2.73. The Hall–Kier alpha value is -4.00. The maximum Gasteiger partial charge on any atom is 0.262 e. The number of aromatic nitrogens is 1. The van der Waals surface area contributed by atoms with E-state index in [0.717, 1.165) is 12.6 Å². The van der Waals surface area contributed by atoms with E-state index in [2.05, 4.69) is 37.3 Å². The summed E-state index contributed by atoms with van der Waals surface area (Å²) in [6, 6.07) is 13.4. The van der Waals surface area contributed by atoms with E-state index in [9.17, 15) is 8.78 Å². The maximum absolute atomic E-state index is 13.2. The van der Waals surface area contributed by atoms with Crippen molar-refractivity contribution < 1.29 is 8.78 Å². The molecule has 0 aliphatic rings. The average Bonchev–Trinajstić information content (AvgIpc) is 2.82. The van der Waals surface area contributed by atoms with Crippen molar-refractivity contribution in [3.63, 3.8) is 0 Å². The molecule has 2 rings (SSSR count). The number of rotatable bonds is 11. The first-order valence-electron chi connectivity index (χ1n) is 11.6. The fourth-order valence-corrected chi connectivity index (χ4v) is 3.19. The Morgan fingerprint density at radius 1 is 1.14 bits per heavy atom. The third-order valence-corrected chi connectivity index (χ3v) is 5.21. The highest BCUT2D eigenvalue weighted by Gasteiger charge is 2.20. The summed E-state index contributed by atoms with van der Waals surface area (Å²) >= 11 is 0. The smallest absolute Gasteiger partial charge is 0.262 e. The molecule has 0 aliphatic heterocycles. The lowest BCUT2D eigenvalue weighted by Crippen LogP contribution is -2.28. The number of alkyl halides is 2. The Kier molecular flexibility index (Phi) is 9.91. The molecule has 1 heterocycles. The van der Waals surface area contributed by atoms with Crippen LogP contribution >= 0.6 is 0 Å². The van der Waals surface area contributed by atoms with Gasteiger partial charge in [-0.05, 0) is 48.7 Å². The van der Waals surface area contributed by atoms with Crippen molar-refractivity contribution in [2.45, 2.75) is 39.5 Å². The van der Waals surface area contributed by atoms with E-state index in [1.165, 1.54) is 5.56 Å². The SMILES string of the molecule is C=C/C=C(\C=C(/C)NCC(C)(F)F)c1cccc(/C(C=Nc2ccc(C(C)C)cc2)=C(/N)C(=C)N)n1. The summed E-state index contributed by atoms with van der Waals surface area (Å²) in [5.74, 6) is -2.41. The highest BCUT2D eigenvalue weighted by molar-refractivity contribution is 6.11. The van der Waals surface area contributed by atoms with Gasteiger partial charge in [0.25, 0.3) is 5.92 Å². The zero-order chi connectivity index (χ0) is 26.9. The molecule has 0 unspecified atom stereocenters. The molecule has 1 aromatic heterocycles. The first-order chi connectivity index (χ1) is 16.9. The van der Waals surface area contributed by atoms with Gasteiger partial charge >= 0.3 is 0 Å². The Morgan fingerprint density at radius 3 is 2.33 bits per heavy atom. The predicted octanol–water partition coefficient (Wildman–Crippen LogP) is 6.47. The quantitative estimate of drug-likeness (QED) is 0.248. The number of aliphatic imine (C=N–C) groups is 1. The maximum atomic E-state index is 13.2. The first kappa shape index (κ1) is 28.2. The Bertz CT molecular complexity index is 1200. The molecule has 1 aromatic carbocycles. The largest absolute Gasteiger partial charge is 0.398 e. The highest BCUT2D eigenvalue weighted by Crippen LogP contribution is 2.23. The molecule has 7 heteroatoms. The van der Waals surface area contributed by atoms with E-state index < -0.39 is 12.5 Å². The Labute approximate surface area is 212 Å². The van der Waals surface area contributed by atoms with Crippen LogP contribution in [0.5, 0.6) is 0 Å². The number of hydrogen-bond acceptors (Lipinski definition) is 5. The van der Waals surface area contributed by atoms with Crippen molar-refractivity contribution in [1.82, 2.24) is 10.3 Å². The van der Waals surface area contributed by atoms with Crippen molar-refractivity contribution in [1.29, 1.82) is 0 Å². The third-order valence-electron chi connectivity index (χ3n) is 5.21. The van der Waals surface area contributed by atoms with Gasteiger partial charge in [-0.3, -0.25) is 4.99 Å². The number of nitrogens with zero attached hydrogens (tertiary/aromatic N) is 2. The molecule has 0 radical (unpaired) electrons. The molecule has 36 heavy (non-hydrogen) atoms. The minimum absolute atomic E-state index is 0.195. The van der Waals surface area contributed by atoms with Gasteiger partial charge in [0.05, 0.1) is 29.3 Å². The second-order valence-electron chi connectivity index (χ2n) is 8.87. The highest BCUT2D eigenvalue weighted by atomic mass is 19.3. The van der Waals surface area contributed by atoms with E-state index in [1.807, 2.05) is 36.4 Å². The lowest BCUT2D eigenvalue weighted by molar-refractivity contribution is 0.0252. The minimum Gasteiger partial charge on any atom is -0.398 e. The lowest BCUT2D eigenvalue weighted by Gasteiger charge is -2.14. The first-order valence-corrected chi connectivity index (χ1v) is 11.6. The topological polar surface area (TPSA) is 89.3 Å². The molecule has 0 amide bonds. The van der Waals surface area contributed by atoms with Gasteiger partial charge in [0.1, 0.15) is 0 Å². The van der Waals surface area contributed by atoms with Crippen molar-refractivity contribution in [3.8, 4) is 0 Å². The summed E-state index contributed by atoms with van der Waals surface area (Å²) in [4.78, 5) is 9.31. The summed E-state index contributed by atoms with van der Waals surface area (Å²) in [6.07, 6.45) is 6.71. The fourth-order valence-electron chi connectivity index (χ4n) is 3.19. The van der Waals surface area contributed by atoms with Gasteiger partial charge < -0.3 is 16.8 Å². The van der Waals surface area contributed by atoms with Crippen molar-refractivity contribution in [2.24, 2.45) is 16.5 Å². The van der Waals surface area contributed by atoms with E-state index in [0.29, 0.717) is 34.1 Å². The minimum atomic E-state index is -2.83. The molecule has 0 saturated heterocycles. The molecule has 2 aromatic rings. The molecule has 0 saturated carbocycles. The molecule has 0 bridgehead atoms. The number of halogens is 2. The van der Waals surface area contributed by atoms with Crippen LogP contribution in [0.1, 0.15) is 50.6 Å². The van der Waals surface area contributed by atoms with Crippen LogP contribution in [0, 0.1) is 0 Å². The molecular weight excluding hydrogens is 456 g/mol. The Balaban J connectivity index is 2.46. The van der Waals surface area contributed by atoms with Crippen LogP contribution in [-0.2, 0) is 0 Å². The molecule has 5 N–H and O–H groups in total. The van der Waals surface area contributed by atoms with Crippen LogP contribution in [0.15, 0.2) is 95.9 Å². The molecule has 0 atom stereocenters. The van der Waals surface area contributed by atoms with Gasteiger partial charge in [0.2, 0.25) is 0 Å². The van der Waals surface area contributed by atoms with Crippen LogP contribution in [0.3, 0.4) is 0 Å². The van der Waals surface area contributed by atoms with Crippen molar-refractivity contribution >= 4 is 23.0 Å². The van der Waals surface area contributed by atoms with Crippen LogP contribution < -0.4 is 16.8 Å². The van der Waals surface area contributed by atoms with Crippen LogP contribution in [-0.4, -0.2) is 23.7 Å². The molecule has 190 valence electrons. The summed E-state index contributed by atoms with van der Waals surface area (Å²) < 4.78 is 26.5. The molecule has 0 spiro atoms. The third kappa shape index (κ3) is 8.65. The summed E-state index contributed by atoms with van der Waals surface area (Å²) in [5.41, 5.74) is 17.5. The van der Waals surface area contributed by atoms with Crippen LogP contribution in [0.2, 0.25) is 0 Å². The van der Waals surface area contributed by atoms with E-state index >= 15 is 0 Å². The van der Waals surface area contributed by atoms with Crippen LogP contribution in [0.25, 0.3) is 11.1 Å². The molecular formula is C29H35F2N5. The van der Waals surface area contributed by atoms with Gasteiger partial charge in [-0.25, -0.2) is 13.8 Å². The standard InChI is InChI=1S/C29H35F2N5/c1-7-9-23(16-20(4)35-18-29(6,30)31)26-10-8-11-27(36-26)25(28(33)21(5)32)17-34-24-14-12-22(13-15-24)19(2)3/h7-17,19,35H,1,5,18,32-33H2,2-4,6H3/b20-16+,23-9+,28-25+,34-17?.